The van der Waals surface area contributed by atoms with Gasteiger partial charge in [0.1, 0.15) is 6.23 Å². The van der Waals surface area contributed by atoms with Crippen molar-refractivity contribution in [3.05, 3.63) is 75.8 Å². The van der Waals surface area contributed by atoms with Gasteiger partial charge in [0.25, 0.3) is 5.69 Å². The zero-order chi connectivity index (χ0) is 15.5. The molecule has 2 aromatic rings. The van der Waals surface area contributed by atoms with Gasteiger partial charge in [-0.3, -0.25) is 15.4 Å². The molecule has 1 fully saturated rings. The summed E-state index contributed by atoms with van der Waals surface area (Å²) in [4.78, 5) is 10.4. The SMILES string of the molecule is O=[N+]([O-])c1cccc([C@@H]2N[C@H](C(O)c3ccccc3)CO2)c1. The van der Waals surface area contributed by atoms with E-state index in [9.17, 15) is 15.2 Å². The van der Waals surface area contributed by atoms with E-state index in [1.54, 1.807) is 12.1 Å². The summed E-state index contributed by atoms with van der Waals surface area (Å²) in [7, 11) is 0. The molecule has 3 rings (SSSR count). The number of non-ortho nitro benzene ring substituents is 1. The fourth-order valence-electron chi connectivity index (χ4n) is 2.55. The van der Waals surface area contributed by atoms with Gasteiger partial charge in [-0.25, -0.2) is 0 Å². The predicted molar refractivity (Wildman–Crippen MR) is 80.1 cm³/mol. The maximum absolute atomic E-state index is 10.8. The van der Waals surface area contributed by atoms with Gasteiger partial charge in [-0.1, -0.05) is 42.5 Å². The number of nitrogens with one attached hydrogen (secondary N) is 1. The first kappa shape index (κ1) is 14.6. The second kappa shape index (κ2) is 6.23. The molecule has 1 aliphatic rings. The number of nitrogens with zero attached hydrogens (tertiary/aromatic N) is 1. The lowest BCUT2D eigenvalue weighted by molar-refractivity contribution is -0.385. The van der Waals surface area contributed by atoms with Crippen molar-refractivity contribution in [1.82, 2.24) is 5.32 Å². The van der Waals surface area contributed by atoms with Crippen LogP contribution in [0.15, 0.2) is 54.6 Å². The number of hydrogen-bond acceptors (Lipinski definition) is 5. The molecule has 1 aliphatic heterocycles. The number of rotatable bonds is 4. The minimum atomic E-state index is -0.690. The largest absolute Gasteiger partial charge is 0.387 e. The fraction of sp³-hybridized carbons (Fsp3) is 0.250. The van der Waals surface area contributed by atoms with Crippen molar-refractivity contribution in [1.29, 1.82) is 0 Å². The molecule has 2 N–H and O–H groups in total. The van der Waals surface area contributed by atoms with E-state index in [-0.39, 0.29) is 11.7 Å². The van der Waals surface area contributed by atoms with E-state index in [1.165, 1.54) is 12.1 Å². The Morgan fingerprint density at radius 3 is 2.73 bits per heavy atom. The highest BCUT2D eigenvalue weighted by atomic mass is 16.6. The van der Waals surface area contributed by atoms with E-state index >= 15 is 0 Å². The zero-order valence-corrected chi connectivity index (χ0v) is 11.8. The molecule has 0 bridgehead atoms. The minimum Gasteiger partial charge on any atom is -0.387 e. The van der Waals surface area contributed by atoms with E-state index in [1.807, 2.05) is 30.3 Å². The summed E-state index contributed by atoms with van der Waals surface area (Å²) in [6.45, 7) is 0.337. The Bertz CT molecular complexity index is 662. The average Bonchev–Trinajstić information content (AvgIpc) is 3.05. The van der Waals surface area contributed by atoms with Crippen LogP contribution in [0.25, 0.3) is 0 Å². The van der Waals surface area contributed by atoms with Crippen LogP contribution in [0.4, 0.5) is 5.69 Å². The molecule has 1 heterocycles. The summed E-state index contributed by atoms with van der Waals surface area (Å²) in [5, 5.41) is 24.4. The molecule has 6 nitrogen and oxygen atoms in total. The van der Waals surface area contributed by atoms with Gasteiger partial charge in [-0.05, 0) is 5.56 Å². The molecular weight excluding hydrogens is 284 g/mol. The number of ether oxygens (including phenoxy) is 1. The summed E-state index contributed by atoms with van der Waals surface area (Å²) in [6, 6.07) is 15.4. The van der Waals surface area contributed by atoms with Crippen LogP contribution < -0.4 is 5.32 Å². The summed E-state index contributed by atoms with van der Waals surface area (Å²) in [5.41, 5.74) is 1.51. The third kappa shape index (κ3) is 2.99. The van der Waals surface area contributed by atoms with Crippen LogP contribution in [0.3, 0.4) is 0 Å². The minimum absolute atomic E-state index is 0.0231. The van der Waals surface area contributed by atoms with Crippen LogP contribution in [0.5, 0.6) is 0 Å². The smallest absolute Gasteiger partial charge is 0.269 e. The third-order valence-electron chi connectivity index (χ3n) is 3.71. The molecule has 1 saturated heterocycles. The van der Waals surface area contributed by atoms with E-state index in [0.717, 1.165) is 5.56 Å². The first-order chi connectivity index (χ1) is 10.6. The van der Waals surface area contributed by atoms with Crippen molar-refractivity contribution in [2.75, 3.05) is 6.61 Å². The quantitative estimate of drug-likeness (QED) is 0.668. The Balaban J connectivity index is 1.72. The van der Waals surface area contributed by atoms with Crippen molar-refractivity contribution in [2.24, 2.45) is 0 Å². The molecule has 3 atom stereocenters. The number of nitro benzene ring substituents is 1. The van der Waals surface area contributed by atoms with Crippen molar-refractivity contribution >= 4 is 5.69 Å². The van der Waals surface area contributed by atoms with E-state index in [2.05, 4.69) is 5.32 Å². The molecule has 114 valence electrons. The molecule has 6 heteroatoms. The van der Waals surface area contributed by atoms with E-state index in [0.29, 0.717) is 12.2 Å². The van der Waals surface area contributed by atoms with Gasteiger partial charge in [0, 0.05) is 17.7 Å². The average molecular weight is 300 g/mol. The molecular formula is C16H16N2O4. The fourth-order valence-corrected chi connectivity index (χ4v) is 2.55. The van der Waals surface area contributed by atoms with Crippen molar-refractivity contribution in [3.8, 4) is 0 Å². The van der Waals surface area contributed by atoms with Gasteiger partial charge in [-0.2, -0.15) is 0 Å². The van der Waals surface area contributed by atoms with Gasteiger partial charge in [0.2, 0.25) is 0 Å². The van der Waals surface area contributed by atoms with Gasteiger partial charge in [-0.15, -0.1) is 0 Å². The lowest BCUT2D eigenvalue weighted by Gasteiger charge is -2.18. The molecule has 1 unspecified atom stereocenters. The monoisotopic (exact) mass is 300 g/mol. The van der Waals surface area contributed by atoms with Gasteiger partial charge < -0.3 is 9.84 Å². The van der Waals surface area contributed by atoms with Crippen LogP contribution in [-0.4, -0.2) is 22.7 Å². The standard InChI is InChI=1S/C16H16N2O4/c19-15(11-5-2-1-3-6-11)14-10-22-16(17-14)12-7-4-8-13(9-12)18(20)21/h1-9,14-17,19H,10H2/t14-,15?,16+/m0/s1. The lowest BCUT2D eigenvalue weighted by Crippen LogP contribution is -2.32. The van der Waals surface area contributed by atoms with E-state index < -0.39 is 17.3 Å². The van der Waals surface area contributed by atoms with Gasteiger partial charge in [0.05, 0.1) is 23.7 Å². The Hall–Kier alpha value is -2.28. The highest BCUT2D eigenvalue weighted by Crippen LogP contribution is 2.28. The van der Waals surface area contributed by atoms with Crippen LogP contribution in [0, 0.1) is 10.1 Å². The molecule has 0 spiro atoms. The number of nitro groups is 1. The topological polar surface area (TPSA) is 84.6 Å². The molecule has 0 aliphatic carbocycles. The van der Waals surface area contributed by atoms with E-state index in [4.69, 9.17) is 4.74 Å². The Morgan fingerprint density at radius 1 is 1.23 bits per heavy atom. The summed E-state index contributed by atoms with van der Waals surface area (Å²) in [6.07, 6.45) is -1.15. The number of benzene rings is 2. The summed E-state index contributed by atoms with van der Waals surface area (Å²) < 4.78 is 5.64. The van der Waals surface area contributed by atoms with Crippen molar-refractivity contribution in [2.45, 2.75) is 18.4 Å². The lowest BCUT2D eigenvalue weighted by atomic mass is 10.0. The van der Waals surface area contributed by atoms with Gasteiger partial charge >= 0.3 is 0 Å². The highest BCUT2D eigenvalue weighted by molar-refractivity contribution is 5.35. The van der Waals surface area contributed by atoms with Crippen molar-refractivity contribution in [3.63, 3.8) is 0 Å². The molecule has 0 aromatic heterocycles. The number of aliphatic hydroxyl groups is 1. The second-order valence-corrected chi connectivity index (χ2v) is 5.19. The van der Waals surface area contributed by atoms with Crippen LogP contribution in [-0.2, 0) is 4.74 Å². The third-order valence-corrected chi connectivity index (χ3v) is 3.71. The maximum atomic E-state index is 10.8. The maximum Gasteiger partial charge on any atom is 0.269 e. The molecule has 0 radical (unpaired) electrons. The summed E-state index contributed by atoms with van der Waals surface area (Å²) >= 11 is 0. The summed E-state index contributed by atoms with van der Waals surface area (Å²) in [5.74, 6) is 0. The molecule has 2 aromatic carbocycles. The second-order valence-electron chi connectivity index (χ2n) is 5.19. The molecule has 0 saturated carbocycles. The Kier molecular flexibility index (Phi) is 4.15. The number of hydrogen-bond donors (Lipinski definition) is 2. The first-order valence-electron chi connectivity index (χ1n) is 7.00. The number of aliphatic hydroxyl groups excluding tert-OH is 1. The highest BCUT2D eigenvalue weighted by Gasteiger charge is 2.32. The molecule has 0 amide bonds. The van der Waals surface area contributed by atoms with Crippen LogP contribution in [0.1, 0.15) is 23.5 Å². The van der Waals surface area contributed by atoms with Crippen molar-refractivity contribution < 1.29 is 14.8 Å². The Morgan fingerprint density at radius 2 is 2.00 bits per heavy atom. The zero-order valence-electron chi connectivity index (χ0n) is 11.8. The van der Waals surface area contributed by atoms with Gasteiger partial charge in [0.15, 0.2) is 0 Å². The molecule has 22 heavy (non-hydrogen) atoms. The predicted octanol–water partition coefficient (Wildman–Crippen LogP) is 2.32. The van der Waals surface area contributed by atoms with Crippen LogP contribution in [0.2, 0.25) is 0 Å². The normalized spacial score (nSPS) is 22.4. The Labute approximate surface area is 127 Å². The first-order valence-corrected chi connectivity index (χ1v) is 7.00. The van der Waals surface area contributed by atoms with Crippen LogP contribution >= 0.6 is 0 Å².